The van der Waals surface area contributed by atoms with Gasteiger partial charge in [0, 0.05) is 12.6 Å². The van der Waals surface area contributed by atoms with Crippen molar-refractivity contribution in [3.05, 3.63) is 53.6 Å². The second-order valence-electron chi connectivity index (χ2n) is 4.42. The van der Waals surface area contributed by atoms with Crippen LogP contribution in [0.3, 0.4) is 0 Å². The summed E-state index contributed by atoms with van der Waals surface area (Å²) in [5.74, 6) is -0.116. The Kier molecular flexibility index (Phi) is 2.38. The van der Waals surface area contributed by atoms with E-state index in [1.54, 1.807) is 18.2 Å². The summed E-state index contributed by atoms with van der Waals surface area (Å²) in [4.78, 5) is 24.6. The number of amides is 1. The predicted octanol–water partition coefficient (Wildman–Crippen LogP) is 3.01. The molecule has 4 nitrogen and oxygen atoms in total. The molecule has 19 heavy (non-hydrogen) atoms. The zero-order valence-electron chi connectivity index (χ0n) is 10.3. The predicted molar refractivity (Wildman–Crippen MR) is 71.7 cm³/mol. The quantitative estimate of drug-likeness (QED) is 0.725. The summed E-state index contributed by atoms with van der Waals surface area (Å²) in [6.07, 6.45) is -1.09. The molecule has 1 aliphatic rings. The molecule has 4 heteroatoms. The second-order valence-corrected chi connectivity index (χ2v) is 4.42. The highest BCUT2D eigenvalue weighted by atomic mass is 16.4. The van der Waals surface area contributed by atoms with Crippen molar-refractivity contribution in [2.24, 2.45) is 0 Å². The first-order valence-corrected chi connectivity index (χ1v) is 5.85. The van der Waals surface area contributed by atoms with Gasteiger partial charge in [-0.3, -0.25) is 9.69 Å². The van der Waals surface area contributed by atoms with E-state index in [0.717, 1.165) is 16.0 Å². The third-order valence-corrected chi connectivity index (χ3v) is 3.38. The highest BCUT2D eigenvalue weighted by Crippen LogP contribution is 2.40. The van der Waals surface area contributed by atoms with E-state index in [2.05, 4.69) is 0 Å². The number of carboxylic acid groups (broad SMARTS) is 1. The van der Waals surface area contributed by atoms with Gasteiger partial charge < -0.3 is 5.11 Å². The number of hydrogen-bond donors (Lipinski definition) is 1. The minimum Gasteiger partial charge on any atom is -0.465 e. The molecule has 0 heterocycles. The van der Waals surface area contributed by atoms with Crippen molar-refractivity contribution < 1.29 is 14.7 Å². The Balaban J connectivity index is 2.27. The van der Waals surface area contributed by atoms with Crippen molar-refractivity contribution in [2.45, 2.75) is 0 Å². The summed E-state index contributed by atoms with van der Waals surface area (Å²) in [7, 11) is 1.44. The van der Waals surface area contributed by atoms with E-state index in [-0.39, 0.29) is 5.78 Å². The number of anilines is 1. The van der Waals surface area contributed by atoms with Crippen molar-refractivity contribution in [3.8, 4) is 11.1 Å². The molecule has 0 unspecified atom stereocenters. The Labute approximate surface area is 109 Å². The van der Waals surface area contributed by atoms with Gasteiger partial charge >= 0.3 is 6.09 Å². The summed E-state index contributed by atoms with van der Waals surface area (Å²) >= 11 is 0. The van der Waals surface area contributed by atoms with Crippen LogP contribution in [0.25, 0.3) is 11.1 Å². The molecule has 0 fully saturated rings. The van der Waals surface area contributed by atoms with E-state index < -0.39 is 6.09 Å². The lowest BCUT2D eigenvalue weighted by Crippen LogP contribution is -2.25. The average Bonchev–Trinajstić information content (AvgIpc) is 2.72. The molecule has 3 rings (SSSR count). The summed E-state index contributed by atoms with van der Waals surface area (Å²) in [6.45, 7) is 0. The van der Waals surface area contributed by atoms with Gasteiger partial charge in [-0.25, -0.2) is 4.79 Å². The van der Waals surface area contributed by atoms with Crippen LogP contribution >= 0.6 is 0 Å². The van der Waals surface area contributed by atoms with Crippen molar-refractivity contribution in [1.29, 1.82) is 0 Å². The second kappa shape index (κ2) is 3.95. The van der Waals surface area contributed by atoms with Gasteiger partial charge in [0.15, 0.2) is 5.78 Å². The molecule has 2 aromatic rings. The zero-order valence-corrected chi connectivity index (χ0v) is 10.3. The lowest BCUT2D eigenvalue weighted by molar-refractivity contribution is 0.104. The van der Waals surface area contributed by atoms with Crippen LogP contribution in [-0.4, -0.2) is 24.0 Å². The Morgan fingerprint density at radius 2 is 1.63 bits per heavy atom. The molecule has 0 spiro atoms. The topological polar surface area (TPSA) is 57.6 Å². The number of hydrogen-bond acceptors (Lipinski definition) is 2. The van der Waals surface area contributed by atoms with Gasteiger partial charge in [-0.15, -0.1) is 0 Å². The van der Waals surface area contributed by atoms with Gasteiger partial charge in [-0.05, 0) is 17.2 Å². The van der Waals surface area contributed by atoms with Gasteiger partial charge in [0.25, 0.3) is 0 Å². The van der Waals surface area contributed by atoms with E-state index >= 15 is 0 Å². The molecule has 0 radical (unpaired) electrons. The van der Waals surface area contributed by atoms with Crippen molar-refractivity contribution in [1.82, 2.24) is 0 Å². The van der Waals surface area contributed by atoms with Crippen LogP contribution < -0.4 is 4.90 Å². The molecule has 0 atom stereocenters. The SMILES string of the molecule is CN(C(=O)O)c1cccc2c1C(=O)c1ccccc1-2. The van der Waals surface area contributed by atoms with Crippen molar-refractivity contribution >= 4 is 17.6 Å². The number of fused-ring (bicyclic) bond motifs is 3. The summed E-state index contributed by atoms with van der Waals surface area (Å²) in [6, 6.07) is 12.6. The van der Waals surface area contributed by atoms with Gasteiger partial charge in [-0.2, -0.15) is 0 Å². The van der Waals surface area contributed by atoms with E-state index in [1.165, 1.54) is 7.05 Å². The van der Waals surface area contributed by atoms with Crippen molar-refractivity contribution in [3.63, 3.8) is 0 Å². The minimum atomic E-state index is -1.09. The Morgan fingerprint density at radius 1 is 1.00 bits per heavy atom. The van der Waals surface area contributed by atoms with Crippen LogP contribution in [-0.2, 0) is 0 Å². The van der Waals surface area contributed by atoms with Crippen LogP contribution in [0.4, 0.5) is 10.5 Å². The number of nitrogens with zero attached hydrogens (tertiary/aromatic N) is 1. The molecule has 2 aromatic carbocycles. The number of rotatable bonds is 1. The standard InChI is InChI=1S/C15H11NO3/c1-16(15(18)19)12-8-4-7-10-9-5-2-3-6-11(9)14(17)13(10)12/h2-8H,1H3,(H,18,19). The van der Waals surface area contributed by atoms with Crippen LogP contribution in [0.1, 0.15) is 15.9 Å². The molecule has 1 N–H and O–H groups in total. The Bertz CT molecular complexity index is 706. The molecule has 0 saturated heterocycles. The van der Waals surface area contributed by atoms with E-state index in [9.17, 15) is 9.59 Å². The smallest absolute Gasteiger partial charge is 0.411 e. The average molecular weight is 253 g/mol. The fourth-order valence-electron chi connectivity index (χ4n) is 2.44. The largest absolute Gasteiger partial charge is 0.465 e. The first kappa shape index (κ1) is 11.5. The van der Waals surface area contributed by atoms with Gasteiger partial charge in [0.1, 0.15) is 0 Å². The molecule has 0 saturated carbocycles. The highest BCUT2D eigenvalue weighted by molar-refractivity contribution is 6.25. The molecule has 0 bridgehead atoms. The lowest BCUT2D eigenvalue weighted by atomic mass is 10.0. The first-order chi connectivity index (χ1) is 9.11. The Morgan fingerprint density at radius 3 is 2.32 bits per heavy atom. The number of benzene rings is 2. The summed E-state index contributed by atoms with van der Waals surface area (Å²) < 4.78 is 0. The molecule has 94 valence electrons. The van der Waals surface area contributed by atoms with Gasteiger partial charge in [-0.1, -0.05) is 36.4 Å². The fraction of sp³-hybridized carbons (Fsp3) is 0.0667. The minimum absolute atomic E-state index is 0.116. The van der Waals surface area contributed by atoms with Crippen LogP contribution in [0.5, 0.6) is 0 Å². The normalized spacial score (nSPS) is 11.9. The van der Waals surface area contributed by atoms with E-state index in [1.807, 2.05) is 24.3 Å². The molecular weight excluding hydrogens is 242 g/mol. The van der Waals surface area contributed by atoms with Crippen LogP contribution in [0.2, 0.25) is 0 Å². The summed E-state index contributed by atoms with van der Waals surface area (Å²) in [5.41, 5.74) is 3.18. The maximum Gasteiger partial charge on any atom is 0.411 e. The summed E-state index contributed by atoms with van der Waals surface area (Å²) in [5, 5.41) is 9.08. The van der Waals surface area contributed by atoms with E-state index in [0.29, 0.717) is 16.8 Å². The third-order valence-electron chi connectivity index (χ3n) is 3.38. The van der Waals surface area contributed by atoms with E-state index in [4.69, 9.17) is 5.11 Å². The maximum atomic E-state index is 12.4. The van der Waals surface area contributed by atoms with Gasteiger partial charge in [0.2, 0.25) is 0 Å². The molecule has 0 aromatic heterocycles. The van der Waals surface area contributed by atoms with Crippen molar-refractivity contribution in [2.75, 3.05) is 11.9 Å². The zero-order chi connectivity index (χ0) is 13.6. The maximum absolute atomic E-state index is 12.4. The number of carbonyl (C=O) groups is 2. The van der Waals surface area contributed by atoms with Crippen LogP contribution in [0, 0.1) is 0 Å². The highest BCUT2D eigenvalue weighted by Gasteiger charge is 2.30. The lowest BCUT2D eigenvalue weighted by Gasteiger charge is -2.16. The third kappa shape index (κ3) is 1.53. The van der Waals surface area contributed by atoms with Gasteiger partial charge in [0.05, 0.1) is 11.3 Å². The molecule has 1 amide bonds. The monoisotopic (exact) mass is 253 g/mol. The molecular formula is C15H11NO3. The fourth-order valence-corrected chi connectivity index (χ4v) is 2.44. The van der Waals surface area contributed by atoms with Crippen LogP contribution in [0.15, 0.2) is 42.5 Å². The Hall–Kier alpha value is -2.62. The molecule has 1 aliphatic carbocycles. The first-order valence-electron chi connectivity index (χ1n) is 5.85. The number of ketones is 1. The molecule has 0 aliphatic heterocycles. The number of carbonyl (C=O) groups excluding carboxylic acids is 1.